The molecule has 0 saturated carbocycles. The molecule has 3 rings (SSSR count). The van der Waals surface area contributed by atoms with Crippen LogP contribution in [0.5, 0.6) is 5.88 Å². The number of primary amides is 1. The molecule has 0 unspecified atom stereocenters. The van der Waals surface area contributed by atoms with Crippen molar-refractivity contribution in [3.05, 3.63) is 30.2 Å². The molecule has 1 fully saturated rings. The number of aromatic nitrogens is 3. The maximum absolute atomic E-state index is 14.2. The van der Waals surface area contributed by atoms with Gasteiger partial charge in [-0.25, -0.2) is 17.8 Å². The average Bonchev–Trinajstić information content (AvgIpc) is 3.04. The molecule has 0 aliphatic carbocycles. The summed E-state index contributed by atoms with van der Waals surface area (Å²) in [7, 11) is -1.42. The van der Waals surface area contributed by atoms with E-state index in [0.29, 0.717) is 24.1 Å². The molecule has 11 heteroatoms. The van der Waals surface area contributed by atoms with E-state index in [1.165, 1.54) is 29.3 Å². The quantitative estimate of drug-likeness (QED) is 0.733. The van der Waals surface area contributed by atoms with Crippen molar-refractivity contribution in [2.75, 3.05) is 26.4 Å². The van der Waals surface area contributed by atoms with Gasteiger partial charge in [0.05, 0.1) is 6.20 Å². The van der Waals surface area contributed by atoms with Crippen molar-refractivity contribution in [3.8, 4) is 17.0 Å². The third-order valence-electron chi connectivity index (χ3n) is 4.40. The van der Waals surface area contributed by atoms with E-state index in [4.69, 9.17) is 10.5 Å². The third kappa shape index (κ3) is 4.84. The summed E-state index contributed by atoms with van der Waals surface area (Å²) in [4.78, 5) is 17.9. The summed E-state index contributed by atoms with van der Waals surface area (Å²) >= 11 is 0. The van der Waals surface area contributed by atoms with E-state index in [1.54, 1.807) is 0 Å². The second-order valence-corrected chi connectivity index (χ2v) is 9.10. The van der Waals surface area contributed by atoms with Gasteiger partial charge in [-0.3, -0.25) is 9.48 Å². The highest BCUT2D eigenvalue weighted by Crippen LogP contribution is 2.27. The number of likely N-dealkylation sites (tertiary alicyclic amines) is 1. The van der Waals surface area contributed by atoms with Crippen molar-refractivity contribution in [1.82, 2.24) is 19.7 Å². The summed E-state index contributed by atoms with van der Waals surface area (Å²) in [6, 6.07) is 1.48. The van der Waals surface area contributed by atoms with E-state index in [1.807, 2.05) is 11.9 Å². The molecule has 0 aromatic carbocycles. The van der Waals surface area contributed by atoms with Gasteiger partial charge in [0.15, 0.2) is 9.84 Å². The highest BCUT2D eigenvalue weighted by molar-refractivity contribution is 7.89. The van der Waals surface area contributed by atoms with E-state index in [2.05, 4.69) is 10.1 Å². The molecular weight excluding hydrogens is 389 g/mol. The van der Waals surface area contributed by atoms with Crippen LogP contribution in [-0.4, -0.2) is 72.7 Å². The molecule has 2 aromatic heterocycles. The number of nitrogens with two attached hydrogens (primary N) is 1. The normalized spacial score (nSPS) is 20.8. The molecule has 0 bridgehead atoms. The zero-order valence-corrected chi connectivity index (χ0v) is 16.4. The van der Waals surface area contributed by atoms with Gasteiger partial charge < -0.3 is 15.4 Å². The number of halogens is 1. The van der Waals surface area contributed by atoms with E-state index in [9.17, 15) is 17.6 Å². The van der Waals surface area contributed by atoms with Gasteiger partial charge in [0.25, 0.3) is 5.91 Å². The van der Waals surface area contributed by atoms with Gasteiger partial charge in [-0.1, -0.05) is 0 Å². The zero-order valence-electron chi connectivity index (χ0n) is 15.6. The number of sulfone groups is 1. The summed E-state index contributed by atoms with van der Waals surface area (Å²) in [5, 5.41) is 3.99. The van der Waals surface area contributed by atoms with Gasteiger partial charge in [-0.05, 0) is 19.5 Å². The predicted molar refractivity (Wildman–Crippen MR) is 100 cm³/mol. The Balaban J connectivity index is 1.84. The minimum atomic E-state index is -3.25. The van der Waals surface area contributed by atoms with E-state index >= 15 is 0 Å². The lowest BCUT2D eigenvalue weighted by molar-refractivity contribution is 0.0280. The van der Waals surface area contributed by atoms with Gasteiger partial charge in [-0.15, -0.1) is 0 Å². The van der Waals surface area contributed by atoms with Gasteiger partial charge in [0.1, 0.15) is 23.7 Å². The Morgan fingerprint density at radius 3 is 2.79 bits per heavy atom. The largest absolute Gasteiger partial charge is 0.471 e. The minimum Gasteiger partial charge on any atom is -0.471 e. The lowest BCUT2D eigenvalue weighted by Crippen LogP contribution is -2.45. The van der Waals surface area contributed by atoms with Crippen LogP contribution < -0.4 is 10.5 Å². The number of nitrogens with zero attached hydrogens (tertiary/aromatic N) is 4. The molecule has 1 saturated heterocycles. The van der Waals surface area contributed by atoms with Crippen molar-refractivity contribution in [1.29, 1.82) is 0 Å². The Labute approximate surface area is 162 Å². The van der Waals surface area contributed by atoms with E-state index < -0.39 is 28.0 Å². The Hall–Kier alpha value is -2.53. The van der Waals surface area contributed by atoms with Crippen LogP contribution in [0.1, 0.15) is 16.8 Å². The fourth-order valence-corrected chi connectivity index (χ4v) is 3.64. The van der Waals surface area contributed by atoms with Crippen molar-refractivity contribution in [2.24, 2.45) is 5.73 Å². The van der Waals surface area contributed by atoms with E-state index in [-0.39, 0.29) is 23.9 Å². The molecule has 0 radical (unpaired) electrons. The minimum absolute atomic E-state index is 0.0167. The first-order chi connectivity index (χ1) is 13.1. The molecule has 3 heterocycles. The molecule has 2 N–H and O–H groups in total. The summed E-state index contributed by atoms with van der Waals surface area (Å²) in [5.74, 6) is -1.04. The lowest BCUT2D eigenvalue weighted by Gasteiger charge is -2.32. The fraction of sp³-hybridized carbons (Fsp3) is 0.471. The maximum Gasteiger partial charge on any atom is 0.254 e. The molecular formula is C17H22FN5O4S. The number of carbonyl (C=O) groups excluding carboxylic acids is 1. The molecule has 28 heavy (non-hydrogen) atoms. The summed E-state index contributed by atoms with van der Waals surface area (Å²) < 4.78 is 43.9. The Kier molecular flexibility index (Phi) is 5.66. The van der Waals surface area contributed by atoms with Gasteiger partial charge in [0, 0.05) is 42.9 Å². The lowest BCUT2D eigenvalue weighted by atomic mass is 10.1. The molecule has 2 atom stereocenters. The van der Waals surface area contributed by atoms with Crippen molar-refractivity contribution in [3.63, 3.8) is 0 Å². The van der Waals surface area contributed by atoms with Crippen LogP contribution in [0.15, 0.2) is 24.7 Å². The number of amides is 1. The zero-order chi connectivity index (χ0) is 20.5. The summed E-state index contributed by atoms with van der Waals surface area (Å²) in [6.07, 6.45) is 4.11. The molecule has 9 nitrogen and oxygen atoms in total. The number of hydrogen-bond acceptors (Lipinski definition) is 7. The molecule has 0 spiro atoms. The summed E-state index contributed by atoms with van der Waals surface area (Å²) in [6.45, 7) is 0.919. The van der Waals surface area contributed by atoms with Crippen LogP contribution in [-0.2, 0) is 15.7 Å². The van der Waals surface area contributed by atoms with Gasteiger partial charge in [-0.2, -0.15) is 5.10 Å². The number of piperidine rings is 1. The van der Waals surface area contributed by atoms with Crippen molar-refractivity contribution in [2.45, 2.75) is 24.6 Å². The number of carbonyl (C=O) groups is 1. The smallest absolute Gasteiger partial charge is 0.254 e. The van der Waals surface area contributed by atoms with Crippen LogP contribution >= 0.6 is 0 Å². The first-order valence-corrected chi connectivity index (χ1v) is 10.7. The predicted octanol–water partition coefficient (Wildman–Crippen LogP) is 0.467. The van der Waals surface area contributed by atoms with Crippen LogP contribution in [0.3, 0.4) is 0 Å². The van der Waals surface area contributed by atoms with Gasteiger partial charge >= 0.3 is 0 Å². The first kappa shape index (κ1) is 20.2. The van der Waals surface area contributed by atoms with Crippen LogP contribution in [0.25, 0.3) is 11.1 Å². The third-order valence-corrected chi connectivity index (χ3v) is 5.13. The second kappa shape index (κ2) is 7.84. The number of rotatable bonds is 6. The van der Waals surface area contributed by atoms with Crippen LogP contribution in [0.4, 0.5) is 4.39 Å². The number of alkyl halides is 1. The Morgan fingerprint density at radius 1 is 1.39 bits per heavy atom. The standard InChI is InChI=1S/C17H22FN5O4S/c1-22-4-3-15(14(18)9-22)27-17-13(16(19)24)5-11(6-20-17)12-7-21-23(8-12)10-28(2,25)26/h5-8,14-15H,3-4,9-10H2,1-2H3,(H2,19,24)/t14-,15-/m0/s1. The van der Waals surface area contributed by atoms with Crippen molar-refractivity contribution < 1.29 is 22.3 Å². The number of pyridine rings is 1. The SMILES string of the molecule is CN1CC[C@H](Oc2ncc(-c3cnn(CS(C)(=O)=O)c3)cc2C(N)=O)[C@@H](F)C1. The first-order valence-electron chi connectivity index (χ1n) is 8.62. The van der Waals surface area contributed by atoms with Crippen LogP contribution in [0.2, 0.25) is 0 Å². The fourth-order valence-electron chi connectivity index (χ4n) is 3.02. The van der Waals surface area contributed by atoms with Gasteiger partial charge in [0.2, 0.25) is 5.88 Å². The Bertz CT molecular complexity index is 978. The molecule has 1 aliphatic rings. The molecule has 1 amide bonds. The maximum atomic E-state index is 14.2. The van der Waals surface area contributed by atoms with E-state index in [0.717, 1.165) is 6.26 Å². The van der Waals surface area contributed by atoms with Crippen LogP contribution in [0, 0.1) is 0 Å². The number of ether oxygens (including phenoxy) is 1. The second-order valence-electron chi connectivity index (χ2n) is 6.99. The summed E-state index contributed by atoms with van der Waals surface area (Å²) in [5.41, 5.74) is 6.56. The topological polar surface area (TPSA) is 120 Å². The Morgan fingerprint density at radius 2 is 2.14 bits per heavy atom. The highest BCUT2D eigenvalue weighted by Gasteiger charge is 2.30. The average molecular weight is 411 g/mol. The number of hydrogen-bond donors (Lipinski definition) is 1. The molecule has 1 aliphatic heterocycles. The highest BCUT2D eigenvalue weighted by atomic mass is 32.2. The monoisotopic (exact) mass is 411 g/mol. The molecule has 152 valence electrons. The molecule has 2 aromatic rings. The van der Waals surface area contributed by atoms with Crippen molar-refractivity contribution >= 4 is 15.7 Å².